The number of hydrogen-bond acceptors (Lipinski definition) is 5. The molecule has 0 saturated carbocycles. The van der Waals surface area contributed by atoms with Crippen molar-refractivity contribution in [2.75, 3.05) is 55.4 Å². The van der Waals surface area contributed by atoms with Crippen LogP contribution in [0.4, 0.5) is 30.8 Å². The number of carbonyl (C=O) groups excluding carboxylic acids is 1. The lowest BCUT2D eigenvalue weighted by atomic mass is 10.3. The van der Waals surface area contributed by atoms with Crippen molar-refractivity contribution in [1.82, 2.24) is 15.1 Å². The first-order valence-corrected chi connectivity index (χ1v) is 8.20. The molecule has 9 heteroatoms. The van der Waals surface area contributed by atoms with Gasteiger partial charge in [-0.2, -0.15) is 5.10 Å². The molecule has 0 spiro atoms. The topological polar surface area (TPSA) is 64.6 Å². The van der Waals surface area contributed by atoms with Gasteiger partial charge in [-0.05, 0) is 12.1 Å². The van der Waals surface area contributed by atoms with Crippen LogP contribution < -0.4 is 15.1 Å². The summed E-state index contributed by atoms with van der Waals surface area (Å²) in [5.41, 5.74) is 0.509. The fraction of sp³-hybridized carbons (Fsp3) is 0.353. The van der Waals surface area contributed by atoms with E-state index in [9.17, 15) is 13.6 Å². The van der Waals surface area contributed by atoms with Crippen LogP contribution in [0, 0.1) is 11.6 Å². The average molecular weight is 362 g/mol. The molecule has 2 heterocycles. The number of hydrogen-bond donors (Lipinski definition) is 1. The van der Waals surface area contributed by atoms with E-state index in [2.05, 4.69) is 15.5 Å². The quantitative estimate of drug-likeness (QED) is 0.907. The Morgan fingerprint density at radius 1 is 1.15 bits per heavy atom. The van der Waals surface area contributed by atoms with Crippen molar-refractivity contribution in [3.63, 3.8) is 0 Å². The molecular weight excluding hydrogens is 342 g/mol. The Balaban J connectivity index is 1.61. The van der Waals surface area contributed by atoms with Gasteiger partial charge in [0, 0.05) is 46.3 Å². The molecule has 1 N–H and O–H groups in total. The van der Waals surface area contributed by atoms with E-state index in [0.29, 0.717) is 26.2 Å². The lowest BCUT2D eigenvalue weighted by molar-refractivity contribution is 0.207. The predicted molar refractivity (Wildman–Crippen MR) is 95.5 cm³/mol. The molecule has 7 nitrogen and oxygen atoms in total. The Hall–Kier alpha value is -2.97. The minimum absolute atomic E-state index is 0.412. The smallest absolute Gasteiger partial charge is 0.322 e. The molecule has 1 aromatic carbocycles. The van der Waals surface area contributed by atoms with Gasteiger partial charge in [0.05, 0.1) is 11.9 Å². The number of carbonyl (C=O) groups is 1. The van der Waals surface area contributed by atoms with Crippen LogP contribution >= 0.6 is 0 Å². The number of para-hydroxylation sites is 1. The van der Waals surface area contributed by atoms with Gasteiger partial charge in [0.15, 0.2) is 5.82 Å². The summed E-state index contributed by atoms with van der Waals surface area (Å²) < 4.78 is 27.3. The van der Waals surface area contributed by atoms with Gasteiger partial charge in [-0.1, -0.05) is 6.07 Å². The molecule has 26 heavy (non-hydrogen) atoms. The van der Waals surface area contributed by atoms with Gasteiger partial charge < -0.3 is 20.0 Å². The van der Waals surface area contributed by atoms with Crippen LogP contribution in [0.3, 0.4) is 0 Å². The summed E-state index contributed by atoms with van der Waals surface area (Å²) in [6, 6.07) is 4.86. The number of urea groups is 1. The molecule has 138 valence electrons. The zero-order valence-corrected chi connectivity index (χ0v) is 14.6. The summed E-state index contributed by atoms with van der Waals surface area (Å²) in [5, 5.41) is 10.4. The van der Waals surface area contributed by atoms with E-state index < -0.39 is 23.4 Å². The molecule has 0 atom stereocenters. The summed E-state index contributed by atoms with van der Waals surface area (Å²) in [5.74, 6) is -0.864. The lowest BCUT2D eigenvalue weighted by Crippen LogP contribution is -2.50. The molecule has 2 aromatic rings. The van der Waals surface area contributed by atoms with Gasteiger partial charge in [0.2, 0.25) is 0 Å². The van der Waals surface area contributed by atoms with E-state index in [1.165, 1.54) is 11.0 Å². The average Bonchev–Trinajstić information content (AvgIpc) is 2.65. The Kier molecular flexibility index (Phi) is 5.15. The minimum atomic E-state index is -0.798. The molecule has 0 bridgehead atoms. The van der Waals surface area contributed by atoms with Crippen molar-refractivity contribution >= 4 is 23.2 Å². The lowest BCUT2D eigenvalue weighted by Gasteiger charge is -2.35. The van der Waals surface area contributed by atoms with Crippen LogP contribution in [-0.2, 0) is 0 Å². The second-order valence-electron chi connectivity index (χ2n) is 6.17. The Morgan fingerprint density at radius 2 is 1.81 bits per heavy atom. The van der Waals surface area contributed by atoms with Crippen molar-refractivity contribution in [2.24, 2.45) is 0 Å². The van der Waals surface area contributed by atoms with Gasteiger partial charge in [0.25, 0.3) is 0 Å². The zero-order valence-electron chi connectivity index (χ0n) is 14.6. The third-order valence-corrected chi connectivity index (χ3v) is 4.23. The number of benzene rings is 1. The van der Waals surface area contributed by atoms with Gasteiger partial charge in [0.1, 0.15) is 17.3 Å². The van der Waals surface area contributed by atoms with Crippen LogP contribution in [0.5, 0.6) is 0 Å². The van der Waals surface area contributed by atoms with E-state index in [0.717, 1.165) is 23.6 Å². The number of anilines is 3. The summed E-state index contributed by atoms with van der Waals surface area (Å²) in [6.45, 7) is 1.93. The predicted octanol–water partition coefficient (Wildman–Crippen LogP) is 2.17. The maximum atomic E-state index is 13.7. The van der Waals surface area contributed by atoms with E-state index in [4.69, 9.17) is 0 Å². The maximum absolute atomic E-state index is 13.7. The molecule has 1 aliphatic heterocycles. The van der Waals surface area contributed by atoms with Gasteiger partial charge >= 0.3 is 6.03 Å². The zero-order chi connectivity index (χ0) is 18.7. The summed E-state index contributed by atoms with van der Waals surface area (Å²) in [6.07, 6.45) is 1.68. The summed E-state index contributed by atoms with van der Waals surface area (Å²) in [7, 11) is 3.84. The molecule has 0 unspecified atom stereocenters. The maximum Gasteiger partial charge on any atom is 0.322 e. The molecule has 0 radical (unpaired) electrons. The van der Waals surface area contributed by atoms with Crippen molar-refractivity contribution in [3.05, 3.63) is 42.1 Å². The summed E-state index contributed by atoms with van der Waals surface area (Å²) >= 11 is 0. The monoisotopic (exact) mass is 362 g/mol. The number of nitrogens with one attached hydrogen (secondary N) is 1. The Labute approximate surface area is 150 Å². The highest BCUT2D eigenvalue weighted by atomic mass is 19.1. The molecule has 2 amide bonds. The van der Waals surface area contributed by atoms with Crippen molar-refractivity contribution < 1.29 is 13.6 Å². The number of aromatic nitrogens is 2. The highest BCUT2D eigenvalue weighted by molar-refractivity contribution is 5.89. The van der Waals surface area contributed by atoms with Gasteiger partial charge in [-0.15, -0.1) is 5.10 Å². The van der Waals surface area contributed by atoms with E-state index >= 15 is 0 Å². The molecule has 1 aliphatic rings. The molecule has 3 rings (SSSR count). The minimum Gasteiger partial charge on any atom is -0.376 e. The highest BCUT2D eigenvalue weighted by Crippen LogP contribution is 2.21. The fourth-order valence-electron chi connectivity index (χ4n) is 2.69. The second kappa shape index (κ2) is 7.51. The van der Waals surface area contributed by atoms with Crippen LogP contribution in [0.25, 0.3) is 0 Å². The molecule has 0 aliphatic carbocycles. The first-order valence-electron chi connectivity index (χ1n) is 8.20. The Bertz CT molecular complexity index is 772. The molecular formula is C17H20F2N6O. The summed E-state index contributed by atoms with van der Waals surface area (Å²) in [4.78, 5) is 17.8. The van der Waals surface area contributed by atoms with Crippen molar-refractivity contribution in [1.29, 1.82) is 0 Å². The normalized spacial score (nSPS) is 14.3. The molecule has 1 fully saturated rings. The number of halogens is 2. The SMILES string of the molecule is CN(C)c1cnnc(N2CCN(C(=O)Nc3c(F)cccc3F)CC2)c1. The first kappa shape index (κ1) is 17.8. The second-order valence-corrected chi connectivity index (χ2v) is 6.17. The van der Waals surface area contributed by atoms with Crippen molar-refractivity contribution in [3.8, 4) is 0 Å². The third-order valence-electron chi connectivity index (χ3n) is 4.23. The highest BCUT2D eigenvalue weighted by Gasteiger charge is 2.24. The van der Waals surface area contributed by atoms with Crippen molar-refractivity contribution in [2.45, 2.75) is 0 Å². The molecule has 1 saturated heterocycles. The number of nitrogens with zero attached hydrogens (tertiary/aromatic N) is 5. The largest absolute Gasteiger partial charge is 0.376 e. The number of piperazine rings is 1. The number of rotatable bonds is 3. The Morgan fingerprint density at radius 3 is 2.42 bits per heavy atom. The van der Waals surface area contributed by atoms with Crippen LogP contribution in [0.2, 0.25) is 0 Å². The standard InChI is InChI=1S/C17H20F2N6O/c1-23(2)12-10-15(22-20-11-12)24-6-8-25(9-7-24)17(26)21-16-13(18)4-3-5-14(16)19/h3-5,10-11H,6-9H2,1-2H3,(H,21,26). The van der Waals surface area contributed by atoms with E-state index in [1.807, 2.05) is 30.0 Å². The van der Waals surface area contributed by atoms with Crippen LogP contribution in [0.15, 0.2) is 30.5 Å². The van der Waals surface area contributed by atoms with E-state index in [1.54, 1.807) is 6.20 Å². The molecule has 1 aromatic heterocycles. The van der Waals surface area contributed by atoms with Crippen LogP contribution in [-0.4, -0.2) is 61.4 Å². The fourth-order valence-corrected chi connectivity index (χ4v) is 2.69. The third kappa shape index (κ3) is 3.81. The first-order chi connectivity index (χ1) is 12.5. The van der Waals surface area contributed by atoms with Gasteiger partial charge in [-0.3, -0.25) is 0 Å². The van der Waals surface area contributed by atoms with Crippen LogP contribution in [0.1, 0.15) is 0 Å². The number of amides is 2. The van der Waals surface area contributed by atoms with Gasteiger partial charge in [-0.25, -0.2) is 13.6 Å². The van der Waals surface area contributed by atoms with E-state index in [-0.39, 0.29) is 0 Å².